The van der Waals surface area contributed by atoms with Crippen LogP contribution in [0.1, 0.15) is 75.1 Å². The summed E-state index contributed by atoms with van der Waals surface area (Å²) in [5, 5.41) is 2.14. The lowest BCUT2D eigenvalue weighted by Gasteiger charge is -2.36. The van der Waals surface area contributed by atoms with E-state index in [2.05, 4.69) is 155 Å². The lowest BCUT2D eigenvalue weighted by Crippen LogP contribution is -2.32. The number of benzene rings is 3. The van der Waals surface area contributed by atoms with Crippen molar-refractivity contribution in [3.8, 4) is 28.7 Å². The highest BCUT2D eigenvalue weighted by molar-refractivity contribution is 6.09. The largest absolute Gasteiger partial charge is 0.437 e. The fourth-order valence-electron chi connectivity index (χ4n) is 8.15. The van der Waals surface area contributed by atoms with Crippen molar-refractivity contribution in [2.24, 2.45) is 0 Å². The van der Waals surface area contributed by atoms with Gasteiger partial charge in [0, 0.05) is 46.6 Å². The normalized spacial score (nSPS) is 13.6. The van der Waals surface area contributed by atoms with Crippen molar-refractivity contribution in [2.45, 2.75) is 57.8 Å². The maximum Gasteiger partial charge on any atom is 0.221 e. The number of ether oxygens (including phenoxy) is 1. The molecule has 6 heteroatoms. The minimum atomic E-state index is -0.671. The Hall–Kier alpha value is -6.14. The maximum atomic E-state index is 6.63. The highest BCUT2D eigenvalue weighted by Crippen LogP contribution is 2.57. The number of hydrogen-bond donors (Lipinski definition) is 0. The number of hydrogen-bond acceptors (Lipinski definition) is 5. The minimum Gasteiger partial charge on any atom is -0.437 e. The molecule has 0 N–H and O–H groups in total. The van der Waals surface area contributed by atoms with E-state index < -0.39 is 5.41 Å². The lowest BCUT2D eigenvalue weighted by atomic mass is 9.66. The summed E-state index contributed by atoms with van der Waals surface area (Å²) in [5.74, 6) is 1.93. The van der Waals surface area contributed by atoms with Crippen LogP contribution in [0.4, 0.5) is 0 Å². The number of aromatic nitrogens is 5. The monoisotopic (exact) mass is 691 g/mol. The summed E-state index contributed by atoms with van der Waals surface area (Å²) < 4.78 is 8.84. The number of nitrogens with zero attached hydrogens (tertiary/aromatic N) is 5. The van der Waals surface area contributed by atoms with E-state index in [1.807, 2.05) is 30.9 Å². The molecule has 1 aliphatic carbocycles. The molecule has 0 spiro atoms. The van der Waals surface area contributed by atoms with E-state index in [-0.39, 0.29) is 10.8 Å². The van der Waals surface area contributed by atoms with Crippen LogP contribution in [-0.4, -0.2) is 24.5 Å². The molecule has 0 unspecified atom stereocenters. The average molecular weight is 692 g/mol. The predicted molar refractivity (Wildman–Crippen MR) is 213 cm³/mol. The van der Waals surface area contributed by atoms with Gasteiger partial charge in [-0.15, -0.1) is 0 Å². The van der Waals surface area contributed by atoms with E-state index in [0.717, 1.165) is 55.7 Å². The van der Waals surface area contributed by atoms with Gasteiger partial charge in [-0.1, -0.05) is 120 Å². The van der Waals surface area contributed by atoms with E-state index in [1.54, 1.807) is 0 Å². The van der Waals surface area contributed by atoms with Crippen LogP contribution >= 0.6 is 0 Å². The van der Waals surface area contributed by atoms with Crippen LogP contribution in [0.2, 0.25) is 0 Å². The highest BCUT2D eigenvalue weighted by Gasteiger charge is 2.50. The minimum absolute atomic E-state index is 0.0213. The Morgan fingerprint density at radius 1 is 0.585 bits per heavy atom. The highest BCUT2D eigenvalue weighted by atomic mass is 16.5. The molecule has 3 aromatic carbocycles. The fraction of sp³-hybridized carbons (Fsp3) is 0.191. The second-order valence-corrected chi connectivity index (χ2v) is 16.0. The van der Waals surface area contributed by atoms with Gasteiger partial charge in [-0.05, 0) is 63.4 Å². The molecule has 0 bridgehead atoms. The van der Waals surface area contributed by atoms with Gasteiger partial charge in [-0.25, -0.2) is 9.97 Å². The Labute approximate surface area is 310 Å². The Balaban J connectivity index is 1.23. The smallest absolute Gasteiger partial charge is 0.221 e. The maximum absolute atomic E-state index is 6.63. The van der Waals surface area contributed by atoms with Gasteiger partial charge in [0.2, 0.25) is 5.88 Å². The SMILES string of the molecule is CC(C)(C)c1ccnc(-n2c3ccccc3c3cnc(Oc4cnc5c(c4)-c4nccc(C(C)(C)C)c4C5(c4ccccc4)c4ccccc4)cc32)c1. The Morgan fingerprint density at radius 2 is 1.26 bits per heavy atom. The molecule has 0 atom stereocenters. The van der Waals surface area contributed by atoms with Crippen LogP contribution < -0.4 is 4.74 Å². The van der Waals surface area contributed by atoms with Gasteiger partial charge >= 0.3 is 0 Å². The Morgan fingerprint density at radius 3 is 1.96 bits per heavy atom. The van der Waals surface area contributed by atoms with Crippen molar-refractivity contribution >= 4 is 21.8 Å². The second-order valence-electron chi connectivity index (χ2n) is 16.0. The molecule has 5 heterocycles. The Kier molecular flexibility index (Phi) is 7.39. The number of rotatable bonds is 5. The van der Waals surface area contributed by atoms with E-state index in [4.69, 9.17) is 24.7 Å². The van der Waals surface area contributed by atoms with Crippen LogP contribution in [0.15, 0.2) is 140 Å². The van der Waals surface area contributed by atoms with Crippen molar-refractivity contribution in [3.63, 3.8) is 0 Å². The van der Waals surface area contributed by atoms with Crippen LogP contribution in [0.25, 0.3) is 38.9 Å². The molecule has 260 valence electrons. The van der Waals surface area contributed by atoms with Crippen molar-refractivity contribution in [3.05, 3.63) is 174 Å². The van der Waals surface area contributed by atoms with Crippen LogP contribution in [0.5, 0.6) is 11.6 Å². The topological polar surface area (TPSA) is 65.7 Å². The van der Waals surface area contributed by atoms with Gasteiger partial charge < -0.3 is 4.74 Å². The van der Waals surface area contributed by atoms with Crippen molar-refractivity contribution in [1.29, 1.82) is 0 Å². The summed E-state index contributed by atoms with van der Waals surface area (Å²) in [5.41, 5.74) is 9.92. The zero-order valence-electron chi connectivity index (χ0n) is 30.9. The van der Waals surface area contributed by atoms with Gasteiger partial charge in [0.25, 0.3) is 0 Å². The molecular formula is C47H41N5O. The first-order valence-electron chi connectivity index (χ1n) is 18.2. The molecule has 0 saturated heterocycles. The van der Waals surface area contributed by atoms with Crippen molar-refractivity contribution in [2.75, 3.05) is 0 Å². The van der Waals surface area contributed by atoms with E-state index in [1.165, 1.54) is 16.7 Å². The predicted octanol–water partition coefficient (Wildman–Crippen LogP) is 11.1. The third kappa shape index (κ3) is 5.15. The average Bonchev–Trinajstić information content (AvgIpc) is 3.65. The standard InChI is InChI=1S/C47H41N5O/c1-45(2,3)32-21-23-48-40(25-32)52-38-20-14-13-19-34(38)36-29-50-41(27-39(36)52)53-33-26-35-43-42(37(22-24-49-43)46(4,5)6)47(44(35)51-28-33,30-15-9-7-10-16-30)31-17-11-8-12-18-31/h7-29H,1-6H3. The van der Waals surface area contributed by atoms with Crippen LogP contribution in [0.3, 0.4) is 0 Å². The van der Waals surface area contributed by atoms with Gasteiger partial charge in [0.1, 0.15) is 11.6 Å². The van der Waals surface area contributed by atoms with E-state index >= 15 is 0 Å². The number of pyridine rings is 4. The molecular weight excluding hydrogens is 651 g/mol. The number of fused-ring (bicyclic) bond motifs is 6. The van der Waals surface area contributed by atoms with E-state index in [9.17, 15) is 0 Å². The van der Waals surface area contributed by atoms with Crippen LogP contribution in [0, 0.1) is 0 Å². The molecule has 9 rings (SSSR count). The summed E-state index contributed by atoms with van der Waals surface area (Å²) in [6.07, 6.45) is 7.56. The summed E-state index contributed by atoms with van der Waals surface area (Å²) in [7, 11) is 0. The zero-order valence-corrected chi connectivity index (χ0v) is 30.9. The van der Waals surface area contributed by atoms with Gasteiger partial charge in [-0.3, -0.25) is 14.5 Å². The molecule has 6 nitrogen and oxygen atoms in total. The summed E-state index contributed by atoms with van der Waals surface area (Å²) in [6, 6.07) is 40.4. The zero-order chi connectivity index (χ0) is 36.5. The molecule has 0 aliphatic heterocycles. The molecule has 0 fully saturated rings. The molecule has 0 saturated carbocycles. The first-order valence-corrected chi connectivity index (χ1v) is 18.2. The summed E-state index contributed by atoms with van der Waals surface area (Å²) >= 11 is 0. The molecule has 1 aliphatic rings. The fourth-order valence-corrected chi connectivity index (χ4v) is 8.15. The summed E-state index contributed by atoms with van der Waals surface area (Å²) in [6.45, 7) is 13.5. The van der Waals surface area contributed by atoms with Crippen molar-refractivity contribution in [1.82, 2.24) is 24.5 Å². The Bertz CT molecular complexity index is 2630. The molecule has 0 amide bonds. The first kappa shape index (κ1) is 32.7. The van der Waals surface area contributed by atoms with Crippen molar-refractivity contribution < 1.29 is 4.74 Å². The number of para-hydroxylation sites is 1. The quantitative estimate of drug-likeness (QED) is 0.180. The second kappa shape index (κ2) is 12.0. The molecule has 5 aromatic heterocycles. The van der Waals surface area contributed by atoms with Gasteiger partial charge in [0.15, 0.2) is 0 Å². The third-order valence-electron chi connectivity index (χ3n) is 10.6. The van der Waals surface area contributed by atoms with E-state index in [0.29, 0.717) is 11.6 Å². The molecule has 53 heavy (non-hydrogen) atoms. The molecule has 0 radical (unpaired) electrons. The van der Waals surface area contributed by atoms with Gasteiger partial charge in [-0.2, -0.15) is 0 Å². The summed E-state index contributed by atoms with van der Waals surface area (Å²) in [4.78, 5) is 20.0. The first-order chi connectivity index (χ1) is 25.5. The molecule has 8 aromatic rings. The third-order valence-corrected chi connectivity index (χ3v) is 10.6. The van der Waals surface area contributed by atoms with Crippen LogP contribution in [-0.2, 0) is 16.2 Å². The lowest BCUT2D eigenvalue weighted by molar-refractivity contribution is 0.461. The van der Waals surface area contributed by atoms with Gasteiger partial charge in [0.05, 0.1) is 34.0 Å².